The SMILES string of the molecule is CCCNC(=O)[C@@H](C)NC(=O)c1ccc(Cl)c([N+](=O)[O-])c1. The number of halogens is 1. The van der Waals surface area contributed by atoms with E-state index >= 15 is 0 Å². The van der Waals surface area contributed by atoms with Crippen molar-refractivity contribution in [3.8, 4) is 0 Å². The highest BCUT2D eigenvalue weighted by Gasteiger charge is 2.19. The van der Waals surface area contributed by atoms with Crippen LogP contribution in [0, 0.1) is 10.1 Å². The van der Waals surface area contributed by atoms with Crippen LogP contribution in [0.1, 0.15) is 30.6 Å². The molecule has 0 aliphatic rings. The molecule has 0 aliphatic carbocycles. The predicted octanol–water partition coefficient (Wildman–Crippen LogP) is 1.89. The molecule has 0 radical (unpaired) electrons. The third kappa shape index (κ3) is 4.71. The standard InChI is InChI=1S/C13H16ClN3O4/c1-3-6-15-12(18)8(2)16-13(19)9-4-5-10(14)11(7-9)17(20)21/h4-5,7-8H,3,6H2,1-2H3,(H,15,18)(H,16,19)/t8-/m1/s1. The van der Waals surface area contributed by atoms with Crippen molar-refractivity contribution in [1.82, 2.24) is 10.6 Å². The zero-order chi connectivity index (χ0) is 16.0. The first-order chi connectivity index (χ1) is 9.86. The number of carbonyl (C=O) groups is 2. The van der Waals surface area contributed by atoms with E-state index in [2.05, 4.69) is 10.6 Å². The quantitative estimate of drug-likeness (QED) is 0.618. The van der Waals surface area contributed by atoms with Gasteiger partial charge in [0.05, 0.1) is 4.92 Å². The van der Waals surface area contributed by atoms with Gasteiger partial charge in [0.25, 0.3) is 11.6 Å². The Morgan fingerprint density at radius 2 is 2.10 bits per heavy atom. The first-order valence-electron chi connectivity index (χ1n) is 6.39. The summed E-state index contributed by atoms with van der Waals surface area (Å²) in [5.74, 6) is -0.887. The second-order valence-corrected chi connectivity index (χ2v) is 4.82. The van der Waals surface area contributed by atoms with E-state index in [1.54, 1.807) is 0 Å². The van der Waals surface area contributed by atoms with Gasteiger partial charge in [0.1, 0.15) is 11.1 Å². The first kappa shape index (κ1) is 16.9. The van der Waals surface area contributed by atoms with Crippen molar-refractivity contribution in [2.75, 3.05) is 6.54 Å². The second-order valence-electron chi connectivity index (χ2n) is 4.41. The topological polar surface area (TPSA) is 101 Å². The molecule has 0 aromatic heterocycles. The summed E-state index contributed by atoms with van der Waals surface area (Å²) in [5.41, 5.74) is -0.284. The van der Waals surface area contributed by atoms with Crippen molar-refractivity contribution in [3.05, 3.63) is 38.9 Å². The molecular formula is C13H16ClN3O4. The normalized spacial score (nSPS) is 11.6. The first-order valence-corrected chi connectivity index (χ1v) is 6.77. The molecule has 1 aromatic rings. The molecule has 21 heavy (non-hydrogen) atoms. The molecule has 2 amide bonds. The van der Waals surface area contributed by atoms with Crippen molar-refractivity contribution in [3.63, 3.8) is 0 Å². The molecule has 1 atom stereocenters. The van der Waals surface area contributed by atoms with Crippen LogP contribution in [-0.4, -0.2) is 29.3 Å². The number of carbonyl (C=O) groups excluding carboxylic acids is 2. The Labute approximate surface area is 126 Å². The van der Waals surface area contributed by atoms with Gasteiger partial charge < -0.3 is 10.6 Å². The molecule has 0 aliphatic heterocycles. The Balaban J connectivity index is 2.78. The highest BCUT2D eigenvalue weighted by molar-refractivity contribution is 6.32. The van der Waals surface area contributed by atoms with Gasteiger partial charge >= 0.3 is 0 Å². The van der Waals surface area contributed by atoms with Crippen LogP contribution in [0.25, 0.3) is 0 Å². The molecule has 0 heterocycles. The number of amides is 2. The lowest BCUT2D eigenvalue weighted by atomic mass is 10.1. The number of hydrogen-bond donors (Lipinski definition) is 2. The fourth-order valence-corrected chi connectivity index (χ4v) is 1.73. The number of nitro groups is 1. The maximum absolute atomic E-state index is 12.0. The minimum Gasteiger partial charge on any atom is -0.354 e. The van der Waals surface area contributed by atoms with E-state index in [4.69, 9.17) is 11.6 Å². The van der Waals surface area contributed by atoms with E-state index in [-0.39, 0.29) is 22.2 Å². The maximum Gasteiger partial charge on any atom is 0.288 e. The summed E-state index contributed by atoms with van der Waals surface area (Å²) < 4.78 is 0. The van der Waals surface area contributed by atoms with Gasteiger partial charge in [0, 0.05) is 18.2 Å². The largest absolute Gasteiger partial charge is 0.354 e. The van der Waals surface area contributed by atoms with E-state index in [1.165, 1.54) is 19.1 Å². The maximum atomic E-state index is 12.0. The van der Waals surface area contributed by atoms with Crippen molar-refractivity contribution in [2.45, 2.75) is 26.3 Å². The number of nitrogens with zero attached hydrogens (tertiary/aromatic N) is 1. The van der Waals surface area contributed by atoms with E-state index in [1.807, 2.05) is 6.92 Å². The molecule has 2 N–H and O–H groups in total. The molecule has 0 saturated heterocycles. The lowest BCUT2D eigenvalue weighted by Crippen LogP contribution is -2.45. The molecule has 0 fully saturated rings. The third-order valence-corrected chi connectivity index (χ3v) is 3.01. The highest BCUT2D eigenvalue weighted by atomic mass is 35.5. The summed E-state index contributed by atoms with van der Waals surface area (Å²) in [5, 5.41) is 15.8. The average molecular weight is 314 g/mol. The molecule has 1 rings (SSSR count). The van der Waals surface area contributed by atoms with Gasteiger partial charge in [-0.25, -0.2) is 0 Å². The molecule has 7 nitrogen and oxygen atoms in total. The van der Waals surface area contributed by atoms with Crippen LogP contribution in [-0.2, 0) is 4.79 Å². The molecule has 1 aromatic carbocycles. The molecule has 0 saturated carbocycles. The minimum atomic E-state index is -0.737. The number of hydrogen-bond acceptors (Lipinski definition) is 4. The van der Waals surface area contributed by atoms with Crippen molar-refractivity contribution < 1.29 is 14.5 Å². The number of nitrogens with one attached hydrogen (secondary N) is 2. The summed E-state index contributed by atoms with van der Waals surface area (Å²) in [7, 11) is 0. The van der Waals surface area contributed by atoms with Gasteiger partial charge in [-0.1, -0.05) is 18.5 Å². The third-order valence-electron chi connectivity index (χ3n) is 2.70. The average Bonchev–Trinajstić information content (AvgIpc) is 2.44. The fraction of sp³-hybridized carbons (Fsp3) is 0.385. The van der Waals surface area contributed by atoms with Crippen LogP contribution < -0.4 is 10.6 Å². The smallest absolute Gasteiger partial charge is 0.288 e. The lowest BCUT2D eigenvalue weighted by Gasteiger charge is -2.13. The highest BCUT2D eigenvalue weighted by Crippen LogP contribution is 2.24. The summed E-state index contributed by atoms with van der Waals surface area (Å²) in [4.78, 5) is 33.7. The Morgan fingerprint density at radius 3 is 2.67 bits per heavy atom. The van der Waals surface area contributed by atoms with Crippen LogP contribution in [0.3, 0.4) is 0 Å². The van der Waals surface area contributed by atoms with Crippen LogP contribution in [0.4, 0.5) is 5.69 Å². The van der Waals surface area contributed by atoms with Gasteiger partial charge in [-0.15, -0.1) is 0 Å². The Hall–Kier alpha value is -2.15. The van der Waals surface area contributed by atoms with Crippen LogP contribution in [0.5, 0.6) is 0 Å². The van der Waals surface area contributed by atoms with Gasteiger partial charge in [0.2, 0.25) is 5.91 Å². The zero-order valence-corrected chi connectivity index (χ0v) is 12.4. The second kappa shape index (κ2) is 7.58. The van der Waals surface area contributed by atoms with Crippen molar-refractivity contribution >= 4 is 29.1 Å². The van der Waals surface area contributed by atoms with Crippen molar-refractivity contribution in [2.24, 2.45) is 0 Å². The zero-order valence-electron chi connectivity index (χ0n) is 11.7. The summed E-state index contributed by atoms with van der Waals surface area (Å²) in [6.07, 6.45) is 0.787. The summed E-state index contributed by atoms with van der Waals surface area (Å²) in [6, 6.07) is 2.98. The van der Waals surface area contributed by atoms with Crippen molar-refractivity contribution in [1.29, 1.82) is 0 Å². The molecular weight excluding hydrogens is 298 g/mol. The number of nitro benzene ring substituents is 1. The van der Waals surface area contributed by atoms with Crippen LogP contribution in [0.15, 0.2) is 18.2 Å². The number of rotatable bonds is 6. The predicted molar refractivity (Wildman–Crippen MR) is 78.3 cm³/mol. The summed E-state index contributed by atoms with van der Waals surface area (Å²) >= 11 is 5.67. The Bertz CT molecular complexity index is 562. The fourth-order valence-electron chi connectivity index (χ4n) is 1.54. The molecule has 0 unspecified atom stereocenters. The Morgan fingerprint density at radius 1 is 1.43 bits per heavy atom. The van der Waals surface area contributed by atoms with E-state index in [9.17, 15) is 19.7 Å². The minimum absolute atomic E-state index is 0.0507. The van der Waals surface area contributed by atoms with Crippen LogP contribution in [0.2, 0.25) is 5.02 Å². The molecule has 114 valence electrons. The van der Waals surface area contributed by atoms with E-state index in [0.717, 1.165) is 12.5 Å². The van der Waals surface area contributed by atoms with Gasteiger partial charge in [0.15, 0.2) is 0 Å². The summed E-state index contributed by atoms with van der Waals surface area (Å²) in [6.45, 7) is 3.97. The Kier molecular flexibility index (Phi) is 6.10. The molecule has 0 spiro atoms. The van der Waals surface area contributed by atoms with Crippen LogP contribution >= 0.6 is 11.6 Å². The molecule has 0 bridgehead atoms. The van der Waals surface area contributed by atoms with Gasteiger partial charge in [-0.2, -0.15) is 0 Å². The van der Waals surface area contributed by atoms with Gasteiger partial charge in [-0.3, -0.25) is 19.7 Å². The van der Waals surface area contributed by atoms with Gasteiger partial charge in [-0.05, 0) is 25.5 Å². The van der Waals surface area contributed by atoms with E-state index in [0.29, 0.717) is 6.54 Å². The molecule has 8 heteroatoms. The lowest BCUT2D eigenvalue weighted by molar-refractivity contribution is -0.384. The monoisotopic (exact) mass is 313 g/mol. The number of benzene rings is 1. The van der Waals surface area contributed by atoms with E-state index < -0.39 is 16.9 Å².